The van der Waals surface area contributed by atoms with Gasteiger partial charge in [-0.25, -0.2) is 19.3 Å². The van der Waals surface area contributed by atoms with Gasteiger partial charge in [0.05, 0.1) is 51.7 Å². The van der Waals surface area contributed by atoms with Crippen molar-refractivity contribution in [1.29, 1.82) is 0 Å². The van der Waals surface area contributed by atoms with Gasteiger partial charge in [0, 0.05) is 40.2 Å². The first-order chi connectivity index (χ1) is 30.8. The van der Waals surface area contributed by atoms with Gasteiger partial charge in [-0.05, 0) is 90.0 Å². The number of hydrogen-bond acceptors (Lipinski definition) is 10. The maximum Gasteiger partial charge on any atom is 0.417 e. The number of alkyl halides is 3. The van der Waals surface area contributed by atoms with Gasteiger partial charge in [-0.3, -0.25) is 14.6 Å². The van der Waals surface area contributed by atoms with E-state index in [4.69, 9.17) is 28.1 Å². The molecule has 0 spiro atoms. The highest BCUT2D eigenvalue weighted by Crippen LogP contribution is 2.35. The third-order valence-electron chi connectivity index (χ3n) is 10.3. The lowest BCUT2D eigenvalue weighted by Gasteiger charge is -2.12. The normalized spacial score (nSPS) is 11.6. The topological polar surface area (TPSA) is 213 Å². The summed E-state index contributed by atoms with van der Waals surface area (Å²) < 4.78 is 44.5. The summed E-state index contributed by atoms with van der Waals surface area (Å²) in [5.74, 6) is -1.73. The number of nitrogens with zero attached hydrogens (tertiary/aromatic N) is 10. The van der Waals surface area contributed by atoms with E-state index in [0.29, 0.717) is 46.6 Å². The molecule has 4 N–H and O–H groups in total. The van der Waals surface area contributed by atoms with Gasteiger partial charge in [0.2, 0.25) is 17.3 Å². The number of carbonyl (C=O) groups excluding carboxylic acids is 2. The van der Waals surface area contributed by atoms with Crippen molar-refractivity contribution in [3.05, 3.63) is 172 Å². The van der Waals surface area contributed by atoms with Crippen LogP contribution in [0.25, 0.3) is 66.6 Å². The zero-order chi connectivity index (χ0) is 44.7. The zero-order valence-electron chi connectivity index (χ0n) is 33.0. The van der Waals surface area contributed by atoms with Gasteiger partial charge in [-0.15, -0.1) is 10.2 Å². The predicted octanol–water partition coefficient (Wildman–Crippen LogP) is 7.29. The summed E-state index contributed by atoms with van der Waals surface area (Å²) in [6.45, 7) is 0.810. The SMILES string of the molecule is NC(=O)c1ccc(-c2ccc3nnn(Cc4ccc5c(ccc[n+]5[O-])c4)c3n2)cc1Cl.NC(=O)c1ccc(-c2ccc3nnn(Cc4ccc5ncccc5c4)c3n2)cc1C(F)(F)F. The van der Waals surface area contributed by atoms with Crippen LogP contribution in [-0.2, 0) is 19.3 Å². The van der Waals surface area contributed by atoms with Gasteiger partial charge in [0.25, 0.3) is 0 Å². The molecule has 0 unspecified atom stereocenters. The molecule has 0 saturated carbocycles. The van der Waals surface area contributed by atoms with Gasteiger partial charge in [-0.1, -0.05) is 52.4 Å². The molecule has 0 aliphatic heterocycles. The Kier molecular flexibility index (Phi) is 10.6. The number of hydrogen-bond donors (Lipinski definition) is 2. The summed E-state index contributed by atoms with van der Waals surface area (Å²) in [6, 6.07) is 34.0. The van der Waals surface area contributed by atoms with Crippen LogP contribution < -0.4 is 16.2 Å². The second kappa shape index (κ2) is 16.5. The molecule has 10 rings (SSSR count). The number of primary amides is 2. The lowest BCUT2D eigenvalue weighted by atomic mass is 10.0. The summed E-state index contributed by atoms with van der Waals surface area (Å²) >= 11 is 6.19. The predicted molar refractivity (Wildman–Crippen MR) is 231 cm³/mol. The fourth-order valence-electron chi connectivity index (χ4n) is 7.18. The maximum absolute atomic E-state index is 13.5. The van der Waals surface area contributed by atoms with Gasteiger partial charge in [0.1, 0.15) is 11.0 Å². The Labute approximate surface area is 364 Å². The highest BCUT2D eigenvalue weighted by molar-refractivity contribution is 6.34. The molecular formula is C45H30ClF3N12O3. The number of halogens is 4. The van der Waals surface area contributed by atoms with Crippen molar-refractivity contribution in [3.8, 4) is 22.5 Å². The molecule has 64 heavy (non-hydrogen) atoms. The largest absolute Gasteiger partial charge is 0.618 e. The summed E-state index contributed by atoms with van der Waals surface area (Å²) in [7, 11) is 0. The Balaban J connectivity index is 0.000000162. The summed E-state index contributed by atoms with van der Waals surface area (Å²) in [5, 5.41) is 30.6. The molecule has 15 nitrogen and oxygen atoms in total. The highest BCUT2D eigenvalue weighted by Gasteiger charge is 2.35. The number of benzene rings is 4. The van der Waals surface area contributed by atoms with Crippen LogP contribution in [0, 0.1) is 5.21 Å². The van der Waals surface area contributed by atoms with E-state index in [1.54, 1.807) is 58.0 Å². The Morgan fingerprint density at radius 2 is 1.22 bits per heavy atom. The van der Waals surface area contributed by atoms with E-state index in [1.165, 1.54) is 12.3 Å². The van der Waals surface area contributed by atoms with E-state index in [2.05, 4.69) is 30.6 Å². The second-order valence-corrected chi connectivity index (χ2v) is 14.9. The lowest BCUT2D eigenvalue weighted by molar-refractivity contribution is -0.577. The van der Waals surface area contributed by atoms with Crippen molar-refractivity contribution >= 4 is 67.5 Å². The molecule has 316 valence electrons. The quantitative estimate of drug-likeness (QED) is 0.115. The minimum absolute atomic E-state index is 0.193. The van der Waals surface area contributed by atoms with Crippen molar-refractivity contribution in [1.82, 2.24) is 44.9 Å². The summed E-state index contributed by atoms with van der Waals surface area (Å²) in [4.78, 5) is 36.4. The van der Waals surface area contributed by atoms with Crippen LogP contribution in [0.3, 0.4) is 0 Å². The number of aromatic nitrogens is 10. The molecule has 0 bridgehead atoms. The highest BCUT2D eigenvalue weighted by atomic mass is 35.5. The molecule has 0 saturated heterocycles. The van der Waals surface area contributed by atoms with E-state index in [1.807, 2.05) is 60.7 Å². The fourth-order valence-corrected chi connectivity index (χ4v) is 7.45. The summed E-state index contributed by atoms with van der Waals surface area (Å²) in [5.41, 5.74) is 16.5. The molecule has 0 aliphatic rings. The van der Waals surface area contributed by atoms with Crippen molar-refractivity contribution < 1.29 is 27.5 Å². The molecule has 6 aromatic heterocycles. The maximum atomic E-state index is 13.5. The van der Waals surface area contributed by atoms with Crippen molar-refractivity contribution in [2.45, 2.75) is 19.3 Å². The van der Waals surface area contributed by atoms with Crippen LogP contribution in [0.4, 0.5) is 13.2 Å². The van der Waals surface area contributed by atoms with E-state index in [-0.39, 0.29) is 21.8 Å². The molecule has 10 aromatic rings. The number of nitrogens with two attached hydrogens (primary N) is 2. The van der Waals surface area contributed by atoms with Gasteiger partial charge < -0.3 is 16.7 Å². The molecule has 0 aliphatic carbocycles. The fraction of sp³-hybridized carbons (Fsp3) is 0.0667. The average Bonchev–Trinajstić information content (AvgIpc) is 3.88. The molecule has 0 fully saturated rings. The van der Waals surface area contributed by atoms with E-state index in [0.717, 1.165) is 49.8 Å². The molecule has 0 atom stereocenters. The molecule has 4 aromatic carbocycles. The van der Waals surface area contributed by atoms with E-state index >= 15 is 0 Å². The Hall–Kier alpha value is -8.38. The van der Waals surface area contributed by atoms with Gasteiger partial charge in [0.15, 0.2) is 17.5 Å². The van der Waals surface area contributed by atoms with Crippen molar-refractivity contribution in [2.24, 2.45) is 11.5 Å². The third kappa shape index (κ3) is 8.19. The van der Waals surface area contributed by atoms with Crippen LogP contribution in [0.5, 0.6) is 0 Å². The Bertz CT molecular complexity index is 3470. The number of pyridine rings is 4. The Morgan fingerprint density at radius 3 is 1.83 bits per heavy atom. The summed E-state index contributed by atoms with van der Waals surface area (Å²) in [6.07, 6.45) is -1.54. The first kappa shape index (κ1) is 41.0. The van der Waals surface area contributed by atoms with Gasteiger partial charge in [-0.2, -0.15) is 17.9 Å². The number of rotatable bonds is 8. The van der Waals surface area contributed by atoms with Crippen LogP contribution in [0.15, 0.2) is 134 Å². The van der Waals surface area contributed by atoms with Crippen LogP contribution in [0.1, 0.15) is 37.4 Å². The van der Waals surface area contributed by atoms with Gasteiger partial charge >= 0.3 is 6.18 Å². The lowest BCUT2D eigenvalue weighted by Crippen LogP contribution is -2.25. The number of fused-ring (bicyclic) bond motifs is 4. The smallest absolute Gasteiger partial charge is 0.417 e. The van der Waals surface area contributed by atoms with Crippen LogP contribution >= 0.6 is 11.6 Å². The van der Waals surface area contributed by atoms with Crippen molar-refractivity contribution in [2.75, 3.05) is 0 Å². The minimum Gasteiger partial charge on any atom is -0.618 e. The van der Waals surface area contributed by atoms with Crippen molar-refractivity contribution in [3.63, 3.8) is 0 Å². The van der Waals surface area contributed by atoms with Crippen LogP contribution in [0.2, 0.25) is 5.02 Å². The molecule has 19 heteroatoms. The molecule has 0 radical (unpaired) electrons. The van der Waals surface area contributed by atoms with E-state index < -0.39 is 29.1 Å². The number of carbonyl (C=O) groups is 2. The molecule has 6 heterocycles. The second-order valence-electron chi connectivity index (χ2n) is 14.5. The third-order valence-corrected chi connectivity index (χ3v) is 10.6. The molecular weight excluding hydrogens is 849 g/mol. The minimum atomic E-state index is -4.74. The first-order valence-electron chi connectivity index (χ1n) is 19.3. The average molecular weight is 879 g/mol. The molecule has 2 amide bonds. The standard InChI is InChI=1S/C23H15F3N6O.C22H15ClN6O2/c24-23(25,26)17-11-15(4-5-16(17)21(27)33)19-7-8-20-22(29-19)32(31-30-20)12-13-3-6-18-14(10-13)2-1-9-28-18;23-17-11-14(4-5-16(17)21(24)30)18-6-7-19-22(25-18)28(27-26-19)12-13-3-8-20-15(10-13)2-1-9-29(20)31/h1-11H,12H2,(H2,27,33);1-11H,12H2,(H2,24,30). The first-order valence-corrected chi connectivity index (χ1v) is 19.6. The number of amides is 2. The zero-order valence-corrected chi connectivity index (χ0v) is 33.7. The van der Waals surface area contributed by atoms with Crippen LogP contribution in [-0.4, -0.2) is 56.8 Å². The van der Waals surface area contributed by atoms with E-state index in [9.17, 15) is 28.0 Å². The Morgan fingerprint density at radius 1 is 0.656 bits per heavy atom. The monoisotopic (exact) mass is 878 g/mol.